The van der Waals surface area contributed by atoms with Crippen LogP contribution in [0.5, 0.6) is 0 Å². The number of benzene rings is 2. The van der Waals surface area contributed by atoms with Crippen molar-refractivity contribution in [1.82, 2.24) is 29.7 Å². The second kappa shape index (κ2) is 12.1. The number of rotatable bonds is 7. The van der Waals surface area contributed by atoms with Gasteiger partial charge in [0.1, 0.15) is 11.6 Å². The molecule has 2 saturated heterocycles. The van der Waals surface area contributed by atoms with E-state index in [1.807, 2.05) is 30.5 Å². The summed E-state index contributed by atoms with van der Waals surface area (Å²) in [5, 5.41) is 0. The van der Waals surface area contributed by atoms with Crippen LogP contribution in [0.3, 0.4) is 0 Å². The van der Waals surface area contributed by atoms with E-state index in [-0.39, 0.29) is 46.6 Å². The Balaban J connectivity index is 0.965. The zero-order valence-corrected chi connectivity index (χ0v) is 30.3. The molecule has 8 nitrogen and oxygen atoms in total. The topological polar surface area (TPSA) is 98.0 Å². The number of nitrogens with zero attached hydrogens (tertiary/aromatic N) is 4. The fraction of sp³-hybridized carbons (Fsp3) is 0.524. The highest BCUT2D eigenvalue weighted by molar-refractivity contribution is 5.81. The van der Waals surface area contributed by atoms with Gasteiger partial charge >= 0.3 is 0 Å². The Labute approximate surface area is 295 Å². The highest BCUT2D eigenvalue weighted by Gasteiger charge is 2.56. The average molecular weight is 671 g/mol. The van der Waals surface area contributed by atoms with E-state index in [1.165, 1.54) is 25.7 Å². The van der Waals surface area contributed by atoms with E-state index in [0.29, 0.717) is 11.8 Å². The van der Waals surface area contributed by atoms with E-state index in [0.717, 1.165) is 71.0 Å². The largest absolute Gasteiger partial charge is 0.340 e. The number of nitrogens with one attached hydrogen (secondary N) is 2. The van der Waals surface area contributed by atoms with Crippen molar-refractivity contribution in [3.63, 3.8) is 0 Å². The normalized spacial score (nSPS) is 22.8. The average Bonchev–Trinajstić information content (AvgIpc) is 3.72. The Morgan fingerprint density at radius 1 is 0.740 bits per heavy atom. The molecule has 4 aliphatic rings. The van der Waals surface area contributed by atoms with Crippen molar-refractivity contribution < 1.29 is 9.59 Å². The van der Waals surface area contributed by atoms with Crippen molar-refractivity contribution in [1.29, 1.82) is 0 Å². The Kier molecular flexibility index (Phi) is 7.97. The minimum atomic E-state index is -0.00296. The molecule has 2 aromatic carbocycles. The molecular formula is C42H50N6O2. The first-order valence-electron chi connectivity index (χ1n) is 18.7. The molecule has 4 atom stereocenters. The van der Waals surface area contributed by atoms with Gasteiger partial charge in [-0.05, 0) is 97.1 Å². The molecule has 2 amide bonds. The van der Waals surface area contributed by atoms with Crippen LogP contribution in [-0.2, 0) is 9.59 Å². The van der Waals surface area contributed by atoms with Crippen LogP contribution in [-0.4, -0.2) is 54.6 Å². The second-order valence-corrected chi connectivity index (χ2v) is 16.8. The van der Waals surface area contributed by atoms with Gasteiger partial charge in [-0.2, -0.15) is 0 Å². The Hall–Kier alpha value is -4.38. The summed E-state index contributed by atoms with van der Waals surface area (Å²) in [4.78, 5) is 48.0. The molecule has 4 heterocycles. The molecule has 4 aromatic rings. The van der Waals surface area contributed by atoms with Crippen molar-refractivity contribution in [3.05, 3.63) is 71.4 Å². The number of aromatic nitrogens is 4. The molecule has 0 radical (unpaired) electrons. The first-order chi connectivity index (χ1) is 23.9. The van der Waals surface area contributed by atoms with E-state index >= 15 is 0 Å². The van der Waals surface area contributed by atoms with Crippen LogP contribution in [0.1, 0.15) is 115 Å². The predicted octanol–water partition coefficient (Wildman–Crippen LogP) is 8.04. The van der Waals surface area contributed by atoms with Gasteiger partial charge in [0.2, 0.25) is 11.8 Å². The maximum Gasteiger partial charge on any atom is 0.226 e. The molecule has 2 saturated carbocycles. The summed E-state index contributed by atoms with van der Waals surface area (Å²) in [6, 6.07) is 14.4. The number of hydrogen-bond acceptors (Lipinski definition) is 4. The lowest BCUT2D eigenvalue weighted by molar-refractivity contribution is -0.138. The van der Waals surface area contributed by atoms with Gasteiger partial charge in [-0.3, -0.25) is 9.59 Å². The fourth-order valence-corrected chi connectivity index (χ4v) is 8.03. The number of H-pyrrole nitrogens is 2. The maximum atomic E-state index is 13.5. The van der Waals surface area contributed by atoms with Crippen molar-refractivity contribution in [2.75, 3.05) is 13.1 Å². The predicted molar refractivity (Wildman–Crippen MR) is 196 cm³/mol. The molecule has 2 aliphatic heterocycles. The van der Waals surface area contributed by atoms with Crippen molar-refractivity contribution in [3.8, 4) is 23.1 Å². The summed E-state index contributed by atoms with van der Waals surface area (Å²) in [6.07, 6.45) is 8.69. The third kappa shape index (κ3) is 6.03. The highest BCUT2D eigenvalue weighted by Crippen LogP contribution is 2.59. The lowest BCUT2D eigenvalue weighted by atomic mass is 9.96. The minimum absolute atomic E-state index is 0.000558. The van der Waals surface area contributed by atoms with Gasteiger partial charge in [-0.1, -0.05) is 65.5 Å². The smallest absolute Gasteiger partial charge is 0.226 e. The van der Waals surface area contributed by atoms with Gasteiger partial charge in [-0.25, -0.2) is 9.97 Å². The lowest BCUT2D eigenvalue weighted by Crippen LogP contribution is -2.37. The number of fused-ring (bicyclic) bond motifs is 1. The van der Waals surface area contributed by atoms with Gasteiger partial charge in [0.05, 0.1) is 35.0 Å². The van der Waals surface area contributed by atoms with Gasteiger partial charge in [0, 0.05) is 36.1 Å². The highest BCUT2D eigenvalue weighted by atomic mass is 16.2. The second-order valence-electron chi connectivity index (χ2n) is 16.8. The standard InChI is InChI=1S/C42H50N6O2/c1-25(2)27(5)39(49)47-23-41(15-16-41)20-35(47)37-43-22-34(46-37)31-12-9-29(10-13-31)7-8-30-11-14-32-33(19-30)45-38(44-32)36-21-42(17-18-42)24-48(36)40(50)28(6)26(3)4/h9-14,19,22,25-28,35-36H,15-18,20-21,23-24H2,1-6H3,(H,43,46)(H,44,45)/t27-,28-,35-,36-/m0/s1. The number of carbonyl (C=O) groups is 2. The summed E-state index contributed by atoms with van der Waals surface area (Å²) in [7, 11) is 0. The molecule has 8 heteroatoms. The van der Waals surface area contributed by atoms with Crippen molar-refractivity contribution in [2.45, 2.75) is 92.2 Å². The first kappa shape index (κ1) is 32.8. The van der Waals surface area contributed by atoms with E-state index in [1.54, 1.807) is 0 Å². The van der Waals surface area contributed by atoms with Crippen LogP contribution in [0.15, 0.2) is 48.7 Å². The van der Waals surface area contributed by atoms with Gasteiger partial charge < -0.3 is 19.8 Å². The molecule has 2 N–H and O–H groups in total. The SMILES string of the molecule is CC(C)[C@H](C)C(=O)N1CC2(CC2)C[C@H]1c1ncc(-c2ccc(C#Cc3ccc4nc([C@@H]5CC6(CC6)CN5C(=O)[C@@H](C)C(C)C)[nH]c4c3)cc2)[nH]1. The van der Waals surface area contributed by atoms with Gasteiger partial charge in [0.25, 0.3) is 0 Å². The molecule has 260 valence electrons. The van der Waals surface area contributed by atoms with E-state index in [9.17, 15) is 9.59 Å². The van der Waals surface area contributed by atoms with Crippen LogP contribution >= 0.6 is 0 Å². The molecule has 2 aliphatic carbocycles. The summed E-state index contributed by atoms with van der Waals surface area (Å²) >= 11 is 0. The third-order valence-corrected chi connectivity index (χ3v) is 12.6. The zero-order valence-electron chi connectivity index (χ0n) is 30.3. The lowest BCUT2D eigenvalue weighted by Gasteiger charge is -2.28. The molecule has 0 bridgehead atoms. The number of amides is 2. The van der Waals surface area contributed by atoms with Crippen LogP contribution < -0.4 is 0 Å². The molecule has 8 rings (SSSR count). The van der Waals surface area contributed by atoms with Crippen LogP contribution in [0.4, 0.5) is 0 Å². The molecule has 0 unspecified atom stereocenters. The van der Waals surface area contributed by atoms with E-state index in [4.69, 9.17) is 9.97 Å². The Morgan fingerprint density at radius 3 is 1.84 bits per heavy atom. The number of imidazole rings is 2. The Morgan fingerprint density at radius 2 is 1.28 bits per heavy atom. The Bertz CT molecular complexity index is 2000. The van der Waals surface area contributed by atoms with Gasteiger partial charge in [-0.15, -0.1) is 0 Å². The quantitative estimate of drug-likeness (QED) is 0.195. The maximum absolute atomic E-state index is 13.5. The summed E-state index contributed by atoms with van der Waals surface area (Å²) < 4.78 is 0. The monoisotopic (exact) mass is 670 g/mol. The zero-order chi connectivity index (χ0) is 34.9. The number of hydrogen-bond donors (Lipinski definition) is 2. The molecule has 4 fully saturated rings. The third-order valence-electron chi connectivity index (χ3n) is 12.6. The van der Waals surface area contributed by atoms with Crippen LogP contribution in [0.2, 0.25) is 0 Å². The van der Waals surface area contributed by atoms with E-state index < -0.39 is 0 Å². The first-order valence-corrected chi connectivity index (χ1v) is 18.7. The molecule has 2 spiro atoms. The number of likely N-dealkylation sites (tertiary alicyclic amines) is 2. The molecular weight excluding hydrogens is 621 g/mol. The summed E-state index contributed by atoms with van der Waals surface area (Å²) in [5.41, 5.74) is 6.27. The van der Waals surface area contributed by atoms with Crippen LogP contribution in [0.25, 0.3) is 22.3 Å². The number of aromatic amines is 2. The van der Waals surface area contributed by atoms with Crippen molar-refractivity contribution >= 4 is 22.8 Å². The van der Waals surface area contributed by atoms with Crippen LogP contribution in [0, 0.1) is 46.3 Å². The summed E-state index contributed by atoms with van der Waals surface area (Å²) in [6.45, 7) is 14.3. The van der Waals surface area contributed by atoms with Gasteiger partial charge in [0.15, 0.2) is 0 Å². The van der Waals surface area contributed by atoms with E-state index in [2.05, 4.69) is 91.4 Å². The molecule has 50 heavy (non-hydrogen) atoms. The number of carbonyl (C=O) groups excluding carboxylic acids is 2. The fourth-order valence-electron chi connectivity index (χ4n) is 8.03. The molecule has 2 aromatic heterocycles. The minimum Gasteiger partial charge on any atom is -0.340 e. The summed E-state index contributed by atoms with van der Waals surface area (Å²) in [5.74, 6) is 9.55. The van der Waals surface area contributed by atoms with Crippen molar-refractivity contribution in [2.24, 2.45) is 34.5 Å².